The molecule has 2 aliphatic heterocycles. The Morgan fingerprint density at radius 3 is 2.63 bits per heavy atom. The lowest BCUT2D eigenvalue weighted by Crippen LogP contribution is -2.52. The fraction of sp³-hybridized carbons (Fsp3) is 0.350. The van der Waals surface area contributed by atoms with Crippen molar-refractivity contribution in [2.45, 2.75) is 12.2 Å². The number of likely N-dealkylation sites (tertiary alicyclic amines) is 1. The van der Waals surface area contributed by atoms with Crippen molar-refractivity contribution in [1.82, 2.24) is 14.9 Å². The molecular weight excluding hydrogens is 353 g/mol. The maximum Gasteiger partial charge on any atom is 0.431 e. The minimum absolute atomic E-state index is 0.481. The molecule has 0 bridgehead atoms. The summed E-state index contributed by atoms with van der Waals surface area (Å²) in [5.41, 5.74) is 2.61. The number of nitrogens with zero attached hydrogens (tertiary/aromatic N) is 3. The highest BCUT2D eigenvalue weighted by Gasteiger charge is 2.43. The molecule has 0 spiro atoms. The predicted molar refractivity (Wildman–Crippen MR) is 98.7 cm³/mol. The van der Waals surface area contributed by atoms with Crippen LogP contribution in [0.1, 0.15) is 5.69 Å². The van der Waals surface area contributed by atoms with Crippen LogP contribution in [0, 0.1) is 5.92 Å². The Balaban J connectivity index is 1.46. The van der Waals surface area contributed by atoms with E-state index in [-0.39, 0.29) is 0 Å². The van der Waals surface area contributed by atoms with Crippen molar-refractivity contribution in [3.63, 3.8) is 0 Å². The number of aromatic amines is 1. The molecule has 1 aromatic carbocycles. The minimum Gasteiger partial charge on any atom is -0.368 e. The van der Waals surface area contributed by atoms with Gasteiger partial charge >= 0.3 is 6.18 Å². The highest BCUT2D eigenvalue weighted by Crippen LogP contribution is 2.36. The second-order valence-electron chi connectivity index (χ2n) is 7.59. The van der Waals surface area contributed by atoms with Gasteiger partial charge in [-0.1, -0.05) is 6.07 Å². The molecule has 7 heteroatoms. The zero-order chi connectivity index (χ0) is 18.8. The number of hydrogen-bond acceptors (Lipinski definition) is 3. The lowest BCUT2D eigenvalue weighted by Gasteiger charge is -2.40. The summed E-state index contributed by atoms with van der Waals surface area (Å²) in [6, 6.07) is 9.16. The Bertz CT molecular complexity index is 1010. The molecule has 4 heterocycles. The molecule has 0 amide bonds. The van der Waals surface area contributed by atoms with Gasteiger partial charge in [0.15, 0.2) is 0 Å². The van der Waals surface area contributed by atoms with Crippen molar-refractivity contribution in [2.24, 2.45) is 5.92 Å². The number of hydrogen-bond donors (Lipinski definition) is 1. The molecule has 3 aromatic rings. The number of alkyl halides is 3. The summed E-state index contributed by atoms with van der Waals surface area (Å²) < 4.78 is 38.8. The molecule has 0 aliphatic carbocycles. The second kappa shape index (κ2) is 5.73. The standard InChI is InChI=1S/C20H19F3N4/c1-26-9-15-10-27(11-18(15)26)16-5-14(7-24-8-16)12-2-3-17-13(4-12)6-19(25-17)20(21,22)23/h2-8,15,18,25H,9-11H2,1H3/t15-,18+/m0/s1. The van der Waals surface area contributed by atoms with Crippen LogP contribution in [0.5, 0.6) is 0 Å². The molecule has 27 heavy (non-hydrogen) atoms. The third-order valence-electron chi connectivity index (χ3n) is 5.84. The number of H-pyrrole nitrogens is 1. The quantitative estimate of drug-likeness (QED) is 0.739. The van der Waals surface area contributed by atoms with E-state index in [9.17, 15) is 13.2 Å². The summed E-state index contributed by atoms with van der Waals surface area (Å²) in [5.74, 6) is 0.718. The summed E-state index contributed by atoms with van der Waals surface area (Å²) in [7, 11) is 2.15. The van der Waals surface area contributed by atoms with E-state index < -0.39 is 11.9 Å². The maximum atomic E-state index is 12.9. The van der Waals surface area contributed by atoms with E-state index in [1.165, 1.54) is 0 Å². The van der Waals surface area contributed by atoms with Gasteiger partial charge in [-0.2, -0.15) is 13.2 Å². The Hall–Kier alpha value is -2.54. The van der Waals surface area contributed by atoms with Crippen LogP contribution in [0.25, 0.3) is 22.0 Å². The summed E-state index contributed by atoms with van der Waals surface area (Å²) in [6.07, 6.45) is -0.743. The van der Waals surface area contributed by atoms with Gasteiger partial charge in [-0.25, -0.2) is 0 Å². The molecule has 0 saturated carbocycles. The van der Waals surface area contributed by atoms with Crippen LogP contribution in [-0.2, 0) is 6.18 Å². The molecule has 2 saturated heterocycles. The monoisotopic (exact) mass is 372 g/mol. The van der Waals surface area contributed by atoms with Gasteiger partial charge in [0.05, 0.1) is 11.9 Å². The molecule has 1 N–H and O–H groups in total. The first-order valence-corrected chi connectivity index (χ1v) is 8.99. The second-order valence-corrected chi connectivity index (χ2v) is 7.59. The molecule has 2 atom stereocenters. The van der Waals surface area contributed by atoms with Crippen molar-refractivity contribution in [2.75, 3.05) is 31.6 Å². The highest BCUT2D eigenvalue weighted by molar-refractivity contribution is 5.86. The Morgan fingerprint density at radius 1 is 1.04 bits per heavy atom. The summed E-state index contributed by atoms with van der Waals surface area (Å²) in [4.78, 5) is 11.5. The van der Waals surface area contributed by atoms with Crippen molar-refractivity contribution in [3.8, 4) is 11.1 Å². The zero-order valence-electron chi connectivity index (χ0n) is 14.8. The number of aromatic nitrogens is 2. The van der Waals surface area contributed by atoms with E-state index in [2.05, 4.69) is 32.9 Å². The van der Waals surface area contributed by atoms with Crippen molar-refractivity contribution < 1.29 is 13.2 Å². The SMILES string of the molecule is CN1C[C@H]2CN(c3cncc(-c4ccc5[nH]c(C(F)(F)F)cc5c4)c3)C[C@H]21. The summed E-state index contributed by atoms with van der Waals surface area (Å²) in [6.45, 7) is 3.17. The fourth-order valence-corrected chi connectivity index (χ4v) is 4.33. The number of pyridine rings is 1. The van der Waals surface area contributed by atoms with E-state index >= 15 is 0 Å². The molecule has 4 nitrogen and oxygen atoms in total. The van der Waals surface area contributed by atoms with Gasteiger partial charge in [0.2, 0.25) is 0 Å². The summed E-state index contributed by atoms with van der Waals surface area (Å²) in [5, 5.41) is 0.547. The van der Waals surface area contributed by atoms with Gasteiger partial charge in [-0.15, -0.1) is 0 Å². The Morgan fingerprint density at radius 2 is 1.89 bits per heavy atom. The number of fused-ring (bicyclic) bond motifs is 2. The third-order valence-corrected chi connectivity index (χ3v) is 5.84. The van der Waals surface area contributed by atoms with Crippen LogP contribution in [0.2, 0.25) is 0 Å². The van der Waals surface area contributed by atoms with E-state index in [1.54, 1.807) is 18.3 Å². The van der Waals surface area contributed by atoms with Crippen LogP contribution < -0.4 is 4.90 Å². The van der Waals surface area contributed by atoms with Crippen molar-refractivity contribution in [3.05, 3.63) is 48.4 Å². The first-order valence-electron chi connectivity index (χ1n) is 8.99. The number of nitrogens with one attached hydrogen (secondary N) is 1. The van der Waals surface area contributed by atoms with Gasteiger partial charge in [-0.05, 0) is 36.9 Å². The normalized spacial score (nSPS) is 22.9. The maximum absolute atomic E-state index is 12.9. The zero-order valence-corrected chi connectivity index (χ0v) is 14.8. The van der Waals surface area contributed by atoms with E-state index in [0.29, 0.717) is 16.9 Å². The smallest absolute Gasteiger partial charge is 0.368 e. The largest absolute Gasteiger partial charge is 0.431 e. The van der Waals surface area contributed by atoms with Crippen molar-refractivity contribution >= 4 is 16.6 Å². The molecule has 5 rings (SSSR count). The topological polar surface area (TPSA) is 35.2 Å². The van der Waals surface area contributed by atoms with Gasteiger partial charge in [0, 0.05) is 54.3 Å². The van der Waals surface area contributed by atoms with Crippen LogP contribution in [0.15, 0.2) is 42.7 Å². The lowest BCUT2D eigenvalue weighted by molar-refractivity contribution is -0.140. The van der Waals surface area contributed by atoms with E-state index in [0.717, 1.165) is 48.4 Å². The van der Waals surface area contributed by atoms with Crippen LogP contribution in [-0.4, -0.2) is 47.6 Å². The lowest BCUT2D eigenvalue weighted by atomic mass is 9.93. The average Bonchev–Trinajstić information content (AvgIpc) is 3.22. The van der Waals surface area contributed by atoms with E-state index in [4.69, 9.17) is 0 Å². The fourth-order valence-electron chi connectivity index (χ4n) is 4.33. The van der Waals surface area contributed by atoms with Crippen molar-refractivity contribution in [1.29, 1.82) is 0 Å². The first kappa shape index (κ1) is 16.6. The van der Waals surface area contributed by atoms with Gasteiger partial charge in [0.1, 0.15) is 5.69 Å². The molecular formula is C20H19F3N4. The van der Waals surface area contributed by atoms with Gasteiger partial charge in [0.25, 0.3) is 0 Å². The third kappa shape index (κ3) is 2.77. The highest BCUT2D eigenvalue weighted by atomic mass is 19.4. The van der Waals surface area contributed by atoms with Crippen LogP contribution in [0.3, 0.4) is 0 Å². The number of anilines is 1. The molecule has 140 valence electrons. The molecule has 0 unspecified atom stereocenters. The van der Waals surface area contributed by atoms with Crippen LogP contribution >= 0.6 is 0 Å². The Labute approximate surface area is 154 Å². The predicted octanol–water partition coefficient (Wildman–Crippen LogP) is 4.00. The number of halogens is 3. The van der Waals surface area contributed by atoms with E-state index in [1.807, 2.05) is 12.3 Å². The molecule has 0 radical (unpaired) electrons. The Kier molecular flexibility index (Phi) is 3.53. The molecule has 2 aliphatic rings. The average molecular weight is 372 g/mol. The number of rotatable bonds is 2. The molecule has 2 fully saturated rings. The number of benzene rings is 1. The number of likely N-dealkylation sites (N-methyl/N-ethyl adjacent to an activating group) is 1. The summed E-state index contributed by atoms with van der Waals surface area (Å²) >= 11 is 0. The molecule has 2 aromatic heterocycles. The minimum atomic E-state index is -4.37. The van der Waals surface area contributed by atoms with Crippen LogP contribution in [0.4, 0.5) is 18.9 Å². The van der Waals surface area contributed by atoms with Gasteiger partial charge in [-0.3, -0.25) is 4.98 Å². The van der Waals surface area contributed by atoms with Gasteiger partial charge < -0.3 is 14.8 Å². The first-order chi connectivity index (χ1) is 12.9.